The van der Waals surface area contributed by atoms with E-state index in [0.29, 0.717) is 52.4 Å². The summed E-state index contributed by atoms with van der Waals surface area (Å²) in [7, 11) is 0. The molecule has 0 amide bonds. The molecule has 0 bridgehead atoms. The topological polar surface area (TPSA) is 144 Å². The van der Waals surface area contributed by atoms with Crippen molar-refractivity contribution >= 4 is 29.8 Å². The van der Waals surface area contributed by atoms with Crippen molar-refractivity contribution in [1.82, 2.24) is 19.6 Å². The highest BCUT2D eigenvalue weighted by Gasteiger charge is 2.33. The SMILES string of the molecule is CC(C)(C)OC(=O)CN1CCN(CC(=O)OC(C)(C)C)CCN(C(CCC(=O)OCc2ccccc2)C(=O)OC(C)(C)C)CCN(CC(=O)OC(C)(C)C)CC1. The van der Waals surface area contributed by atoms with Gasteiger partial charge < -0.3 is 23.7 Å². The first-order chi connectivity index (χ1) is 25.8. The van der Waals surface area contributed by atoms with Crippen molar-refractivity contribution < 1.29 is 47.7 Å². The summed E-state index contributed by atoms with van der Waals surface area (Å²) < 4.78 is 28.5. The lowest BCUT2D eigenvalue weighted by Crippen LogP contribution is -2.53. The Morgan fingerprint density at radius 1 is 0.518 bits per heavy atom. The van der Waals surface area contributed by atoms with Crippen LogP contribution in [0.3, 0.4) is 0 Å². The molecule has 1 aliphatic heterocycles. The first-order valence-electron chi connectivity index (χ1n) is 19.8. The van der Waals surface area contributed by atoms with Crippen LogP contribution in [0.25, 0.3) is 0 Å². The Balaban J connectivity index is 2.46. The van der Waals surface area contributed by atoms with Crippen molar-refractivity contribution in [1.29, 1.82) is 0 Å². The second kappa shape index (κ2) is 21.8. The fourth-order valence-electron chi connectivity index (χ4n) is 5.89. The molecule has 1 aromatic carbocycles. The zero-order chi connectivity index (χ0) is 42.3. The molecule has 56 heavy (non-hydrogen) atoms. The van der Waals surface area contributed by atoms with Crippen molar-refractivity contribution in [3.05, 3.63) is 35.9 Å². The number of rotatable bonds is 13. The van der Waals surface area contributed by atoms with Crippen molar-refractivity contribution in [2.75, 3.05) is 72.0 Å². The highest BCUT2D eigenvalue weighted by molar-refractivity contribution is 5.78. The number of hydrogen-bond acceptors (Lipinski definition) is 14. The van der Waals surface area contributed by atoms with Crippen molar-refractivity contribution in [3.63, 3.8) is 0 Å². The highest BCUT2D eigenvalue weighted by atomic mass is 16.6. The lowest BCUT2D eigenvalue weighted by atomic mass is 10.1. The summed E-state index contributed by atoms with van der Waals surface area (Å²) in [6.07, 6.45) is 0.0977. The Morgan fingerprint density at radius 3 is 1.23 bits per heavy atom. The number of hydrogen-bond donors (Lipinski definition) is 0. The number of esters is 5. The molecule has 1 saturated heterocycles. The Labute approximate surface area is 335 Å². The number of benzene rings is 1. The number of carbonyl (C=O) groups is 5. The zero-order valence-electron chi connectivity index (χ0n) is 36.2. The van der Waals surface area contributed by atoms with E-state index < -0.39 is 52.3 Å². The highest BCUT2D eigenvalue weighted by Crippen LogP contribution is 2.18. The maximum absolute atomic E-state index is 14.0. The lowest BCUT2D eigenvalue weighted by Gasteiger charge is -2.37. The van der Waals surface area contributed by atoms with Gasteiger partial charge in [-0.3, -0.25) is 43.6 Å². The van der Waals surface area contributed by atoms with Gasteiger partial charge in [0.15, 0.2) is 0 Å². The number of nitrogens with zero attached hydrogens (tertiary/aromatic N) is 4. The van der Waals surface area contributed by atoms with Crippen LogP contribution in [0.1, 0.15) is 101 Å². The average molecular weight is 791 g/mol. The molecule has 0 aliphatic carbocycles. The maximum Gasteiger partial charge on any atom is 0.323 e. The third-order valence-electron chi connectivity index (χ3n) is 8.17. The molecular weight excluding hydrogens is 720 g/mol. The van der Waals surface area contributed by atoms with E-state index in [4.69, 9.17) is 23.7 Å². The van der Waals surface area contributed by atoms with E-state index in [0.717, 1.165) is 5.56 Å². The summed E-state index contributed by atoms with van der Waals surface area (Å²) in [4.78, 5) is 74.1. The summed E-state index contributed by atoms with van der Waals surface area (Å²) in [5, 5.41) is 0. The molecule has 0 N–H and O–H groups in total. The van der Waals surface area contributed by atoms with E-state index in [2.05, 4.69) is 0 Å². The van der Waals surface area contributed by atoms with E-state index in [1.165, 1.54) is 0 Å². The van der Waals surface area contributed by atoms with Gasteiger partial charge in [0.1, 0.15) is 35.1 Å². The van der Waals surface area contributed by atoms with Crippen molar-refractivity contribution in [3.8, 4) is 0 Å². The molecular formula is C42H70N4O10. The third-order valence-corrected chi connectivity index (χ3v) is 8.17. The summed E-state index contributed by atoms with van der Waals surface area (Å²) in [6.45, 7) is 24.7. The minimum atomic E-state index is -0.836. The number of carbonyl (C=O) groups excluding carboxylic acids is 5. The molecule has 0 spiro atoms. The van der Waals surface area contributed by atoms with Gasteiger partial charge in [-0.1, -0.05) is 30.3 Å². The van der Waals surface area contributed by atoms with Gasteiger partial charge in [-0.15, -0.1) is 0 Å². The first kappa shape index (κ1) is 48.6. The molecule has 2 rings (SSSR count). The van der Waals surface area contributed by atoms with Crippen LogP contribution in [0.2, 0.25) is 0 Å². The molecule has 1 atom stereocenters. The molecule has 14 heteroatoms. The largest absolute Gasteiger partial charge is 0.461 e. The van der Waals surface area contributed by atoms with Gasteiger partial charge in [0.2, 0.25) is 0 Å². The smallest absolute Gasteiger partial charge is 0.323 e. The quantitative estimate of drug-likeness (QED) is 0.205. The van der Waals surface area contributed by atoms with Crippen LogP contribution in [-0.2, 0) is 54.3 Å². The molecule has 1 heterocycles. The Morgan fingerprint density at radius 2 is 0.875 bits per heavy atom. The van der Waals surface area contributed by atoms with Crippen molar-refractivity contribution in [2.24, 2.45) is 0 Å². The summed E-state index contributed by atoms with van der Waals surface area (Å²) in [5.41, 5.74) is -1.98. The fourth-order valence-corrected chi connectivity index (χ4v) is 5.89. The van der Waals surface area contributed by atoms with Gasteiger partial charge in [-0.05, 0) is 95.1 Å². The van der Waals surface area contributed by atoms with Crippen LogP contribution in [-0.4, -0.2) is 150 Å². The minimum absolute atomic E-state index is 0.0148. The van der Waals surface area contributed by atoms with E-state index in [1.807, 2.05) is 112 Å². The third kappa shape index (κ3) is 22.2. The predicted molar refractivity (Wildman–Crippen MR) is 214 cm³/mol. The van der Waals surface area contributed by atoms with E-state index >= 15 is 0 Å². The summed E-state index contributed by atoms with van der Waals surface area (Å²) in [6, 6.07) is 8.53. The lowest BCUT2D eigenvalue weighted by molar-refractivity contribution is -0.163. The zero-order valence-corrected chi connectivity index (χ0v) is 36.2. The second-order valence-corrected chi connectivity index (χ2v) is 18.4. The van der Waals surface area contributed by atoms with Crippen LogP contribution in [0.4, 0.5) is 0 Å². The van der Waals surface area contributed by atoms with Gasteiger partial charge in [0.05, 0.1) is 19.6 Å². The first-order valence-corrected chi connectivity index (χ1v) is 19.8. The maximum atomic E-state index is 14.0. The fraction of sp³-hybridized carbons (Fsp3) is 0.738. The Bertz CT molecular complexity index is 1360. The van der Waals surface area contributed by atoms with Crippen LogP contribution in [0, 0.1) is 0 Å². The van der Waals surface area contributed by atoms with Gasteiger partial charge in [0.25, 0.3) is 0 Å². The van der Waals surface area contributed by atoms with Gasteiger partial charge in [0, 0.05) is 58.8 Å². The van der Waals surface area contributed by atoms with E-state index in [9.17, 15) is 24.0 Å². The van der Waals surface area contributed by atoms with Gasteiger partial charge in [-0.2, -0.15) is 0 Å². The predicted octanol–water partition coefficient (Wildman–Crippen LogP) is 4.47. The van der Waals surface area contributed by atoms with E-state index in [1.54, 1.807) is 20.8 Å². The van der Waals surface area contributed by atoms with Gasteiger partial charge >= 0.3 is 29.8 Å². The molecule has 1 aliphatic rings. The van der Waals surface area contributed by atoms with Crippen LogP contribution >= 0.6 is 0 Å². The summed E-state index contributed by atoms with van der Waals surface area (Å²) in [5.74, 6) is -2.11. The molecule has 1 fully saturated rings. The minimum Gasteiger partial charge on any atom is -0.461 e. The second-order valence-electron chi connectivity index (χ2n) is 18.4. The monoisotopic (exact) mass is 791 g/mol. The van der Waals surface area contributed by atoms with Gasteiger partial charge in [-0.25, -0.2) is 0 Å². The Hall–Kier alpha value is -3.59. The molecule has 0 aromatic heterocycles. The molecule has 0 radical (unpaired) electrons. The van der Waals surface area contributed by atoms with Crippen molar-refractivity contribution in [2.45, 2.75) is 131 Å². The standard InChI is InChI=1S/C42H70N4O10/c1-39(2,3)53-35(48)28-43-20-22-44(29-36(49)54-40(4,5)6)24-26-46(27-25-45(23-21-43)30-37(50)55-41(7,8)9)33(38(51)56-42(10,11)12)18-19-34(47)52-31-32-16-14-13-15-17-32/h13-17,33H,18-31H2,1-12H3. The van der Waals surface area contributed by atoms with E-state index in [-0.39, 0.29) is 45.1 Å². The molecule has 0 saturated carbocycles. The van der Waals surface area contributed by atoms with Crippen LogP contribution in [0.5, 0.6) is 0 Å². The van der Waals surface area contributed by atoms with Crippen LogP contribution in [0.15, 0.2) is 30.3 Å². The Kier molecular flexibility index (Phi) is 18.9. The molecule has 1 unspecified atom stereocenters. The molecule has 14 nitrogen and oxygen atoms in total. The average Bonchev–Trinajstić information content (AvgIpc) is 3.01. The number of ether oxygens (including phenoxy) is 5. The summed E-state index contributed by atoms with van der Waals surface area (Å²) >= 11 is 0. The van der Waals surface area contributed by atoms with Crippen LogP contribution < -0.4 is 0 Å². The molecule has 318 valence electrons. The molecule has 1 aromatic rings. The normalized spacial score (nSPS) is 17.1.